The number of nitrogens with zero attached hydrogens (tertiary/aromatic N) is 1. The smallest absolute Gasteiger partial charge is 0.235 e. The highest BCUT2D eigenvalue weighted by Gasteiger charge is 1.99. The molecule has 1 aromatic rings. The largest absolute Gasteiger partial charge is 0.477 e. The fourth-order valence-corrected chi connectivity index (χ4v) is 1.07. The van der Waals surface area contributed by atoms with Gasteiger partial charge in [-0.1, -0.05) is 29.8 Å². The maximum absolute atomic E-state index is 10.1. The van der Waals surface area contributed by atoms with Gasteiger partial charge in [0.25, 0.3) is 0 Å². The molecule has 14 heavy (non-hydrogen) atoms. The third kappa shape index (κ3) is 3.06. The summed E-state index contributed by atoms with van der Waals surface area (Å²) in [6.45, 7) is 0. The third-order valence-corrected chi connectivity index (χ3v) is 1.61. The molecule has 0 bridgehead atoms. The highest BCUT2D eigenvalue weighted by molar-refractivity contribution is 6.17. The van der Waals surface area contributed by atoms with Crippen molar-refractivity contribution in [2.24, 2.45) is 0 Å². The number of rotatable bonds is 4. The number of alkyl halides is 1. The minimum Gasteiger partial charge on any atom is -0.477 e. The van der Waals surface area contributed by atoms with Gasteiger partial charge in [0.1, 0.15) is 5.75 Å². The molecule has 0 radical (unpaired) electrons. The Labute approximate surface area is 85.9 Å². The Morgan fingerprint density at radius 3 is 2.86 bits per heavy atom. The zero-order chi connectivity index (χ0) is 10.4. The van der Waals surface area contributed by atoms with Gasteiger partial charge in [-0.15, -0.1) is 0 Å². The fraction of sp³-hybridized carbons (Fsp3) is 0.111. The van der Waals surface area contributed by atoms with Crippen LogP contribution < -0.4 is 4.74 Å². The molecule has 0 fully saturated rings. The average molecular weight is 214 g/mol. The van der Waals surface area contributed by atoms with Crippen molar-refractivity contribution in [1.82, 2.24) is 0 Å². The summed E-state index contributed by atoms with van der Waals surface area (Å²) < 4.78 is 5.06. The van der Waals surface area contributed by atoms with E-state index in [0.29, 0.717) is 11.3 Å². The Morgan fingerprint density at radius 1 is 1.50 bits per heavy atom. The summed E-state index contributed by atoms with van der Waals surface area (Å²) in [5.41, 5.74) is 0.629. The van der Waals surface area contributed by atoms with Gasteiger partial charge in [-0.25, -0.2) is 0 Å². The number of nitro groups is 1. The lowest BCUT2D eigenvalue weighted by Crippen LogP contribution is -1.91. The van der Waals surface area contributed by atoms with Crippen LogP contribution in [0.4, 0.5) is 0 Å². The summed E-state index contributed by atoms with van der Waals surface area (Å²) in [4.78, 5) is 9.56. The van der Waals surface area contributed by atoms with Crippen molar-refractivity contribution >= 4 is 17.7 Å². The second kappa shape index (κ2) is 5.24. The van der Waals surface area contributed by atoms with Crippen molar-refractivity contribution in [3.05, 3.63) is 46.1 Å². The second-order valence-electron chi connectivity index (χ2n) is 2.39. The van der Waals surface area contributed by atoms with Crippen LogP contribution in [-0.4, -0.2) is 11.0 Å². The van der Waals surface area contributed by atoms with Crippen molar-refractivity contribution in [2.75, 3.05) is 6.07 Å². The van der Waals surface area contributed by atoms with Crippen LogP contribution in [0.5, 0.6) is 5.75 Å². The SMILES string of the molecule is O=[N+]([O-])C=Cc1ccccc1OCCl. The zero-order valence-corrected chi connectivity index (χ0v) is 7.98. The van der Waals surface area contributed by atoms with Gasteiger partial charge >= 0.3 is 0 Å². The first-order chi connectivity index (χ1) is 6.74. The molecule has 0 N–H and O–H groups in total. The van der Waals surface area contributed by atoms with E-state index in [9.17, 15) is 10.1 Å². The molecule has 0 aliphatic rings. The van der Waals surface area contributed by atoms with Crippen LogP contribution in [-0.2, 0) is 0 Å². The number of halogens is 1. The van der Waals surface area contributed by atoms with E-state index in [2.05, 4.69) is 0 Å². The Morgan fingerprint density at radius 2 is 2.21 bits per heavy atom. The molecule has 0 atom stereocenters. The van der Waals surface area contributed by atoms with Gasteiger partial charge in [0, 0.05) is 11.6 Å². The number of hydrogen-bond acceptors (Lipinski definition) is 3. The molecule has 0 saturated heterocycles. The molecule has 1 rings (SSSR count). The van der Waals surface area contributed by atoms with E-state index in [1.165, 1.54) is 6.08 Å². The van der Waals surface area contributed by atoms with Gasteiger partial charge in [0.15, 0.2) is 6.07 Å². The quantitative estimate of drug-likeness (QED) is 0.439. The van der Waals surface area contributed by atoms with E-state index in [0.717, 1.165) is 6.20 Å². The van der Waals surface area contributed by atoms with Crippen molar-refractivity contribution < 1.29 is 9.66 Å². The molecule has 0 aliphatic carbocycles. The van der Waals surface area contributed by atoms with Crippen LogP contribution >= 0.6 is 11.6 Å². The predicted molar refractivity (Wildman–Crippen MR) is 53.8 cm³/mol. The predicted octanol–water partition coefficient (Wildman–Crippen LogP) is 2.51. The van der Waals surface area contributed by atoms with E-state index >= 15 is 0 Å². The first-order valence-electron chi connectivity index (χ1n) is 3.83. The van der Waals surface area contributed by atoms with Crippen LogP contribution in [0.3, 0.4) is 0 Å². The van der Waals surface area contributed by atoms with Gasteiger partial charge < -0.3 is 4.74 Å². The van der Waals surface area contributed by atoms with Crippen molar-refractivity contribution in [3.63, 3.8) is 0 Å². The average Bonchev–Trinajstić information content (AvgIpc) is 2.17. The van der Waals surface area contributed by atoms with Crippen molar-refractivity contribution in [2.45, 2.75) is 0 Å². The van der Waals surface area contributed by atoms with Crippen LogP contribution in [0.1, 0.15) is 5.56 Å². The molecule has 1 aromatic carbocycles. The van der Waals surface area contributed by atoms with E-state index in [1.807, 2.05) is 0 Å². The molecule has 0 amide bonds. The summed E-state index contributed by atoms with van der Waals surface area (Å²) in [7, 11) is 0. The molecule has 0 unspecified atom stereocenters. The number of hydrogen-bond donors (Lipinski definition) is 0. The monoisotopic (exact) mass is 213 g/mol. The standard InChI is InChI=1S/C9H8ClNO3/c10-7-14-9-4-2-1-3-8(9)5-6-11(12)13/h1-6H,7H2. The first kappa shape index (κ1) is 10.5. The van der Waals surface area contributed by atoms with Crippen LogP contribution in [0.25, 0.3) is 6.08 Å². The summed E-state index contributed by atoms with van der Waals surface area (Å²) >= 11 is 5.39. The highest BCUT2D eigenvalue weighted by Crippen LogP contribution is 2.19. The Kier molecular flexibility index (Phi) is 3.94. The fourth-order valence-electron chi connectivity index (χ4n) is 0.950. The molecule has 4 nitrogen and oxygen atoms in total. The summed E-state index contributed by atoms with van der Waals surface area (Å²) in [6, 6.07) is 6.96. The lowest BCUT2D eigenvalue weighted by atomic mass is 10.2. The lowest BCUT2D eigenvalue weighted by molar-refractivity contribution is -0.400. The molecule has 0 aliphatic heterocycles. The van der Waals surface area contributed by atoms with Crippen molar-refractivity contribution in [3.8, 4) is 5.75 Å². The van der Waals surface area contributed by atoms with E-state index in [-0.39, 0.29) is 6.07 Å². The molecule has 5 heteroatoms. The Balaban J connectivity index is 2.89. The van der Waals surface area contributed by atoms with E-state index in [4.69, 9.17) is 16.3 Å². The minimum absolute atomic E-state index is 0.0172. The molecule has 0 spiro atoms. The van der Waals surface area contributed by atoms with Crippen LogP contribution in [0.15, 0.2) is 30.5 Å². The Bertz CT molecular complexity index is 352. The molecule has 0 aromatic heterocycles. The molecule has 0 heterocycles. The Hall–Kier alpha value is -1.55. The van der Waals surface area contributed by atoms with Gasteiger partial charge in [-0.3, -0.25) is 10.1 Å². The maximum atomic E-state index is 10.1. The molecular formula is C9H8ClNO3. The van der Waals surface area contributed by atoms with Gasteiger partial charge in [-0.2, -0.15) is 0 Å². The van der Waals surface area contributed by atoms with Crippen LogP contribution in [0.2, 0.25) is 0 Å². The number of ether oxygens (including phenoxy) is 1. The zero-order valence-electron chi connectivity index (χ0n) is 7.22. The van der Waals surface area contributed by atoms with Crippen LogP contribution in [0, 0.1) is 10.1 Å². The van der Waals surface area contributed by atoms with Gasteiger partial charge in [0.05, 0.1) is 4.92 Å². The summed E-state index contributed by atoms with van der Waals surface area (Å²) in [5.74, 6) is 0.528. The highest BCUT2D eigenvalue weighted by atomic mass is 35.5. The summed E-state index contributed by atoms with van der Waals surface area (Å²) in [6.07, 6.45) is 2.22. The van der Waals surface area contributed by atoms with Gasteiger partial charge in [-0.05, 0) is 6.07 Å². The minimum atomic E-state index is -0.530. The lowest BCUT2D eigenvalue weighted by Gasteiger charge is -2.03. The van der Waals surface area contributed by atoms with E-state index in [1.54, 1.807) is 24.3 Å². The normalized spacial score (nSPS) is 10.4. The van der Waals surface area contributed by atoms with Crippen molar-refractivity contribution in [1.29, 1.82) is 0 Å². The summed E-state index contributed by atoms with van der Waals surface area (Å²) in [5, 5.41) is 10.1. The first-order valence-corrected chi connectivity index (χ1v) is 4.37. The number of benzene rings is 1. The maximum Gasteiger partial charge on any atom is 0.235 e. The van der Waals surface area contributed by atoms with E-state index < -0.39 is 4.92 Å². The molecule has 74 valence electrons. The second-order valence-corrected chi connectivity index (χ2v) is 2.61. The third-order valence-electron chi connectivity index (χ3n) is 1.50. The topological polar surface area (TPSA) is 52.4 Å². The van der Waals surface area contributed by atoms with Gasteiger partial charge in [0.2, 0.25) is 6.20 Å². The molecular weight excluding hydrogens is 206 g/mol. The number of para-hydroxylation sites is 1. The molecule has 0 saturated carbocycles.